The number of thiazole rings is 1. The molecule has 0 aromatic carbocycles. The zero-order valence-corrected chi connectivity index (χ0v) is 8.31. The van der Waals surface area contributed by atoms with Crippen LogP contribution in [0, 0.1) is 0 Å². The molecule has 0 radical (unpaired) electrons. The van der Waals surface area contributed by atoms with E-state index in [1.807, 2.05) is 17.8 Å². The van der Waals surface area contributed by atoms with Gasteiger partial charge in [0.25, 0.3) is 0 Å². The third kappa shape index (κ3) is 2.12. The van der Waals surface area contributed by atoms with Crippen molar-refractivity contribution in [2.24, 2.45) is 5.73 Å². The second-order valence-corrected chi connectivity index (χ2v) is 3.93. The van der Waals surface area contributed by atoms with E-state index in [0.717, 1.165) is 12.0 Å². The number of aromatic nitrogens is 3. The molecule has 0 fully saturated rings. The molecule has 0 aliphatic heterocycles. The van der Waals surface area contributed by atoms with Gasteiger partial charge in [0.2, 0.25) is 0 Å². The summed E-state index contributed by atoms with van der Waals surface area (Å²) in [5.74, 6) is 0. The molecule has 4 nitrogen and oxygen atoms in total. The molecular weight excluding hydrogens is 196 g/mol. The molecule has 0 spiro atoms. The van der Waals surface area contributed by atoms with Crippen molar-refractivity contribution < 1.29 is 0 Å². The van der Waals surface area contributed by atoms with Gasteiger partial charge in [0.15, 0.2) is 0 Å². The molecule has 72 valence electrons. The van der Waals surface area contributed by atoms with E-state index in [1.165, 1.54) is 4.88 Å². The fourth-order valence-corrected chi connectivity index (χ4v) is 1.85. The van der Waals surface area contributed by atoms with Crippen LogP contribution in [-0.4, -0.2) is 15.2 Å². The summed E-state index contributed by atoms with van der Waals surface area (Å²) < 4.78 is 0. The minimum absolute atomic E-state index is 0.0223. The van der Waals surface area contributed by atoms with E-state index >= 15 is 0 Å². The lowest BCUT2D eigenvalue weighted by molar-refractivity contribution is 0.719. The lowest BCUT2D eigenvalue weighted by Gasteiger charge is -2.08. The minimum Gasteiger partial charge on any atom is -0.324 e. The quantitative estimate of drug-likeness (QED) is 0.818. The first-order valence-corrected chi connectivity index (χ1v) is 5.14. The molecule has 2 aromatic heterocycles. The zero-order chi connectivity index (χ0) is 9.80. The van der Waals surface area contributed by atoms with E-state index < -0.39 is 0 Å². The number of nitrogens with two attached hydrogens (primary N) is 1. The molecule has 0 aliphatic carbocycles. The van der Waals surface area contributed by atoms with Gasteiger partial charge in [0, 0.05) is 29.7 Å². The third-order valence-electron chi connectivity index (χ3n) is 1.94. The van der Waals surface area contributed by atoms with Gasteiger partial charge < -0.3 is 5.73 Å². The maximum Gasteiger partial charge on any atom is 0.0794 e. The van der Waals surface area contributed by atoms with Crippen molar-refractivity contribution in [3.63, 3.8) is 0 Å². The van der Waals surface area contributed by atoms with Crippen molar-refractivity contribution in [2.75, 3.05) is 0 Å². The first-order valence-electron chi connectivity index (χ1n) is 4.26. The smallest absolute Gasteiger partial charge is 0.0794 e. The molecule has 5 heteroatoms. The molecule has 2 N–H and O–H groups in total. The van der Waals surface area contributed by atoms with Crippen LogP contribution in [0.4, 0.5) is 0 Å². The maximum absolute atomic E-state index is 6.00. The van der Waals surface area contributed by atoms with Crippen LogP contribution in [-0.2, 0) is 6.42 Å². The normalized spacial score (nSPS) is 12.6. The first-order chi connectivity index (χ1) is 6.86. The molecule has 1 atom stereocenters. The predicted molar refractivity (Wildman–Crippen MR) is 54.8 cm³/mol. The number of rotatable bonds is 3. The Labute approximate surface area is 85.8 Å². The van der Waals surface area contributed by atoms with Gasteiger partial charge in [-0.05, 0) is 11.6 Å². The first kappa shape index (κ1) is 9.23. The SMILES string of the molecule is NC(Cc1cncs1)c1ccnnc1. The zero-order valence-electron chi connectivity index (χ0n) is 7.50. The fraction of sp³-hybridized carbons (Fsp3) is 0.222. The highest BCUT2D eigenvalue weighted by molar-refractivity contribution is 7.09. The summed E-state index contributed by atoms with van der Waals surface area (Å²) in [6, 6.07) is 1.87. The Kier molecular flexibility index (Phi) is 2.81. The molecule has 14 heavy (non-hydrogen) atoms. The second-order valence-electron chi connectivity index (χ2n) is 2.95. The summed E-state index contributed by atoms with van der Waals surface area (Å²) in [5.41, 5.74) is 8.82. The van der Waals surface area contributed by atoms with Crippen LogP contribution in [0.1, 0.15) is 16.5 Å². The van der Waals surface area contributed by atoms with Crippen LogP contribution in [0.2, 0.25) is 0 Å². The lowest BCUT2D eigenvalue weighted by Crippen LogP contribution is -2.13. The molecule has 0 amide bonds. The molecule has 2 heterocycles. The van der Waals surface area contributed by atoms with Crippen molar-refractivity contribution in [2.45, 2.75) is 12.5 Å². The summed E-state index contributed by atoms with van der Waals surface area (Å²) in [5, 5.41) is 7.50. The lowest BCUT2D eigenvalue weighted by atomic mass is 10.1. The van der Waals surface area contributed by atoms with Crippen LogP contribution >= 0.6 is 11.3 Å². The largest absolute Gasteiger partial charge is 0.324 e. The van der Waals surface area contributed by atoms with E-state index in [1.54, 1.807) is 23.7 Å². The van der Waals surface area contributed by atoms with Crippen LogP contribution in [0.25, 0.3) is 0 Å². The van der Waals surface area contributed by atoms with Gasteiger partial charge >= 0.3 is 0 Å². The highest BCUT2D eigenvalue weighted by Crippen LogP contribution is 2.16. The Morgan fingerprint density at radius 3 is 2.93 bits per heavy atom. The van der Waals surface area contributed by atoms with Crippen molar-refractivity contribution >= 4 is 11.3 Å². The van der Waals surface area contributed by atoms with Gasteiger partial charge in [-0.3, -0.25) is 4.98 Å². The van der Waals surface area contributed by atoms with Crippen LogP contribution < -0.4 is 5.73 Å². The number of nitrogens with zero attached hydrogens (tertiary/aromatic N) is 3. The van der Waals surface area contributed by atoms with E-state index in [2.05, 4.69) is 15.2 Å². The molecule has 0 saturated carbocycles. The third-order valence-corrected chi connectivity index (χ3v) is 2.74. The Balaban J connectivity index is 2.07. The van der Waals surface area contributed by atoms with Gasteiger partial charge in [-0.25, -0.2) is 0 Å². The standard InChI is InChI=1S/C9H10N4S/c10-9(3-8-5-11-6-14-8)7-1-2-12-13-4-7/h1-2,4-6,9H,3,10H2. The monoisotopic (exact) mass is 206 g/mol. The summed E-state index contributed by atoms with van der Waals surface area (Å²) in [4.78, 5) is 5.19. The summed E-state index contributed by atoms with van der Waals surface area (Å²) >= 11 is 1.62. The van der Waals surface area contributed by atoms with Gasteiger partial charge in [-0.2, -0.15) is 10.2 Å². The second kappa shape index (κ2) is 4.26. The molecule has 2 aromatic rings. The average molecular weight is 206 g/mol. The number of hydrogen-bond acceptors (Lipinski definition) is 5. The Morgan fingerprint density at radius 2 is 2.29 bits per heavy atom. The molecule has 1 unspecified atom stereocenters. The molecule has 0 bridgehead atoms. The summed E-state index contributed by atoms with van der Waals surface area (Å²) in [6.07, 6.45) is 6.00. The molecule has 0 saturated heterocycles. The van der Waals surface area contributed by atoms with E-state index in [-0.39, 0.29) is 6.04 Å². The topological polar surface area (TPSA) is 64.7 Å². The highest BCUT2D eigenvalue weighted by atomic mass is 32.1. The van der Waals surface area contributed by atoms with Gasteiger partial charge in [0.05, 0.1) is 11.7 Å². The predicted octanol–water partition coefficient (Wildman–Crippen LogP) is 1.18. The van der Waals surface area contributed by atoms with E-state index in [0.29, 0.717) is 0 Å². The van der Waals surface area contributed by atoms with E-state index in [9.17, 15) is 0 Å². The average Bonchev–Trinajstić information content (AvgIpc) is 2.72. The Bertz CT molecular complexity index is 373. The number of hydrogen-bond donors (Lipinski definition) is 1. The molecular formula is C9H10N4S. The van der Waals surface area contributed by atoms with Crippen LogP contribution in [0.15, 0.2) is 30.2 Å². The van der Waals surface area contributed by atoms with Crippen LogP contribution in [0.3, 0.4) is 0 Å². The van der Waals surface area contributed by atoms with Crippen LogP contribution in [0.5, 0.6) is 0 Å². The Morgan fingerprint density at radius 1 is 1.36 bits per heavy atom. The maximum atomic E-state index is 6.00. The van der Waals surface area contributed by atoms with Crippen molar-refractivity contribution in [3.05, 3.63) is 40.6 Å². The highest BCUT2D eigenvalue weighted by Gasteiger charge is 2.07. The summed E-state index contributed by atoms with van der Waals surface area (Å²) in [6.45, 7) is 0. The van der Waals surface area contributed by atoms with Gasteiger partial charge in [-0.15, -0.1) is 11.3 Å². The molecule has 0 aliphatic rings. The van der Waals surface area contributed by atoms with Gasteiger partial charge in [0.1, 0.15) is 0 Å². The summed E-state index contributed by atoms with van der Waals surface area (Å²) in [7, 11) is 0. The van der Waals surface area contributed by atoms with Gasteiger partial charge in [-0.1, -0.05) is 0 Å². The van der Waals surface area contributed by atoms with Crippen molar-refractivity contribution in [3.8, 4) is 0 Å². The molecule has 2 rings (SSSR count). The van der Waals surface area contributed by atoms with E-state index in [4.69, 9.17) is 5.73 Å². The van der Waals surface area contributed by atoms with Crippen molar-refractivity contribution in [1.29, 1.82) is 0 Å². The Hall–Kier alpha value is -1.33. The van der Waals surface area contributed by atoms with Crippen molar-refractivity contribution in [1.82, 2.24) is 15.2 Å². The minimum atomic E-state index is -0.0223. The fourth-order valence-electron chi connectivity index (χ4n) is 1.20.